The van der Waals surface area contributed by atoms with E-state index in [-0.39, 0.29) is 0 Å². The molecule has 1 heteroatoms. The van der Waals surface area contributed by atoms with Gasteiger partial charge in [-0.15, -0.1) is 0 Å². The largest absolute Gasteiger partial charge is 0.310 e. The van der Waals surface area contributed by atoms with E-state index >= 15 is 0 Å². The summed E-state index contributed by atoms with van der Waals surface area (Å²) in [6.07, 6.45) is 4.79. The van der Waals surface area contributed by atoms with E-state index in [0.29, 0.717) is 0 Å². The molecule has 1 aliphatic carbocycles. The average molecular weight is 111 g/mol. The molecule has 0 saturated heterocycles. The second-order valence-corrected chi connectivity index (χ2v) is 2.60. The van der Waals surface area contributed by atoms with E-state index in [4.69, 9.17) is 5.41 Å². The molecule has 0 aromatic carbocycles. The smallest absolute Gasteiger partial charge is 0.00891 e. The van der Waals surface area contributed by atoms with Crippen molar-refractivity contribution in [1.29, 1.82) is 5.41 Å². The SMILES string of the molecule is CCC(=N)CC1CC1. The molecule has 0 unspecified atom stereocenters. The van der Waals surface area contributed by atoms with Crippen molar-refractivity contribution >= 4 is 5.71 Å². The van der Waals surface area contributed by atoms with Gasteiger partial charge >= 0.3 is 0 Å². The second kappa shape index (κ2) is 2.29. The fourth-order valence-corrected chi connectivity index (χ4v) is 0.815. The molecule has 0 amide bonds. The number of rotatable bonds is 3. The summed E-state index contributed by atoms with van der Waals surface area (Å²) in [7, 11) is 0. The fourth-order valence-electron chi connectivity index (χ4n) is 0.815. The van der Waals surface area contributed by atoms with Crippen LogP contribution in [-0.2, 0) is 0 Å². The van der Waals surface area contributed by atoms with Gasteiger partial charge in [-0.3, -0.25) is 0 Å². The molecule has 0 heterocycles. The summed E-state index contributed by atoms with van der Waals surface area (Å²) < 4.78 is 0. The topological polar surface area (TPSA) is 23.9 Å². The van der Waals surface area contributed by atoms with Crippen LogP contribution in [0.1, 0.15) is 32.6 Å². The molecule has 1 saturated carbocycles. The molecule has 1 nitrogen and oxygen atoms in total. The van der Waals surface area contributed by atoms with Gasteiger partial charge in [0.25, 0.3) is 0 Å². The van der Waals surface area contributed by atoms with Crippen molar-refractivity contribution in [2.75, 3.05) is 0 Å². The van der Waals surface area contributed by atoms with Crippen LogP contribution in [0.4, 0.5) is 0 Å². The molecule has 1 aliphatic rings. The molecule has 0 aromatic heterocycles. The Morgan fingerprint density at radius 1 is 1.62 bits per heavy atom. The van der Waals surface area contributed by atoms with Gasteiger partial charge in [-0.25, -0.2) is 0 Å². The highest BCUT2D eigenvalue weighted by Crippen LogP contribution is 2.32. The van der Waals surface area contributed by atoms with Gasteiger partial charge in [0, 0.05) is 5.71 Å². The van der Waals surface area contributed by atoms with E-state index in [1.807, 2.05) is 0 Å². The van der Waals surface area contributed by atoms with Crippen LogP contribution in [0.3, 0.4) is 0 Å². The third-order valence-corrected chi connectivity index (χ3v) is 1.66. The minimum absolute atomic E-state index is 0.905. The van der Waals surface area contributed by atoms with Crippen LogP contribution in [0.5, 0.6) is 0 Å². The monoisotopic (exact) mass is 111 g/mol. The van der Waals surface area contributed by atoms with E-state index in [1.165, 1.54) is 12.8 Å². The van der Waals surface area contributed by atoms with Gasteiger partial charge in [0.05, 0.1) is 0 Å². The predicted octanol–water partition coefficient (Wildman–Crippen LogP) is 2.22. The zero-order valence-corrected chi connectivity index (χ0v) is 5.41. The standard InChI is InChI=1S/C7H13N/c1-2-7(8)5-6-3-4-6/h6,8H,2-5H2,1H3. The Bertz CT molecular complexity index is 92.6. The molecular weight excluding hydrogens is 98.1 g/mol. The van der Waals surface area contributed by atoms with Crippen LogP contribution in [-0.4, -0.2) is 5.71 Å². The maximum atomic E-state index is 7.31. The van der Waals surface area contributed by atoms with Crippen LogP contribution < -0.4 is 0 Å². The van der Waals surface area contributed by atoms with Crippen molar-refractivity contribution in [3.05, 3.63) is 0 Å². The van der Waals surface area contributed by atoms with Crippen LogP contribution in [0.2, 0.25) is 0 Å². The van der Waals surface area contributed by atoms with Gasteiger partial charge in [-0.05, 0) is 31.6 Å². The van der Waals surface area contributed by atoms with E-state index < -0.39 is 0 Å². The minimum Gasteiger partial charge on any atom is -0.310 e. The first-order chi connectivity index (χ1) is 3.83. The van der Waals surface area contributed by atoms with Crippen molar-refractivity contribution in [2.45, 2.75) is 32.6 Å². The Morgan fingerprint density at radius 3 is 2.62 bits per heavy atom. The molecule has 46 valence electrons. The van der Waals surface area contributed by atoms with Gasteiger partial charge in [-0.1, -0.05) is 6.92 Å². The summed E-state index contributed by atoms with van der Waals surface area (Å²) >= 11 is 0. The maximum Gasteiger partial charge on any atom is 0.00891 e. The molecular formula is C7H13N. The summed E-state index contributed by atoms with van der Waals surface area (Å²) in [5.41, 5.74) is 0.938. The Balaban J connectivity index is 2.07. The zero-order valence-electron chi connectivity index (χ0n) is 5.41. The molecule has 0 spiro atoms. The summed E-state index contributed by atoms with van der Waals surface area (Å²) in [6, 6.07) is 0. The quantitative estimate of drug-likeness (QED) is 0.540. The Labute approximate surface area is 50.6 Å². The first-order valence-corrected chi connectivity index (χ1v) is 3.39. The highest BCUT2D eigenvalue weighted by atomic mass is 14.4. The molecule has 1 N–H and O–H groups in total. The van der Waals surface area contributed by atoms with Crippen molar-refractivity contribution in [3.63, 3.8) is 0 Å². The molecule has 0 bridgehead atoms. The Hall–Kier alpha value is -0.330. The van der Waals surface area contributed by atoms with Crippen molar-refractivity contribution in [1.82, 2.24) is 0 Å². The highest BCUT2D eigenvalue weighted by Gasteiger charge is 2.21. The van der Waals surface area contributed by atoms with E-state index in [1.54, 1.807) is 0 Å². The van der Waals surface area contributed by atoms with Gasteiger partial charge in [0.2, 0.25) is 0 Å². The predicted molar refractivity (Wildman–Crippen MR) is 35.4 cm³/mol. The number of nitrogens with one attached hydrogen (secondary N) is 1. The van der Waals surface area contributed by atoms with Gasteiger partial charge < -0.3 is 5.41 Å². The lowest BCUT2D eigenvalue weighted by Crippen LogP contribution is -1.93. The van der Waals surface area contributed by atoms with Crippen molar-refractivity contribution in [2.24, 2.45) is 5.92 Å². The first kappa shape index (κ1) is 5.80. The van der Waals surface area contributed by atoms with Crippen LogP contribution >= 0.6 is 0 Å². The maximum absolute atomic E-state index is 7.31. The summed E-state index contributed by atoms with van der Waals surface area (Å²) in [4.78, 5) is 0. The van der Waals surface area contributed by atoms with Crippen LogP contribution in [0.15, 0.2) is 0 Å². The molecule has 0 aliphatic heterocycles. The molecule has 0 radical (unpaired) electrons. The van der Waals surface area contributed by atoms with Gasteiger partial charge in [0.15, 0.2) is 0 Å². The second-order valence-electron chi connectivity index (χ2n) is 2.60. The third kappa shape index (κ3) is 1.65. The normalized spacial score (nSPS) is 18.6. The summed E-state index contributed by atoms with van der Waals surface area (Å²) in [6.45, 7) is 2.06. The number of hydrogen-bond donors (Lipinski definition) is 1. The lowest BCUT2D eigenvalue weighted by atomic mass is 10.1. The lowest BCUT2D eigenvalue weighted by Gasteiger charge is -1.93. The number of hydrogen-bond acceptors (Lipinski definition) is 1. The molecule has 8 heavy (non-hydrogen) atoms. The summed E-state index contributed by atoms with van der Waals surface area (Å²) in [5, 5.41) is 7.31. The minimum atomic E-state index is 0.905. The zero-order chi connectivity index (χ0) is 5.98. The molecule has 0 aromatic rings. The molecule has 1 rings (SSSR count). The lowest BCUT2D eigenvalue weighted by molar-refractivity contribution is 0.872. The summed E-state index contributed by atoms with van der Waals surface area (Å²) in [5.74, 6) is 0.905. The third-order valence-electron chi connectivity index (χ3n) is 1.66. The fraction of sp³-hybridized carbons (Fsp3) is 0.857. The van der Waals surface area contributed by atoms with E-state index in [9.17, 15) is 0 Å². The van der Waals surface area contributed by atoms with Crippen LogP contribution in [0, 0.1) is 11.3 Å². The van der Waals surface area contributed by atoms with E-state index in [2.05, 4.69) is 6.92 Å². The molecule has 0 atom stereocenters. The average Bonchev–Trinajstić information content (AvgIpc) is 2.50. The van der Waals surface area contributed by atoms with Gasteiger partial charge in [-0.2, -0.15) is 0 Å². The van der Waals surface area contributed by atoms with Gasteiger partial charge in [0.1, 0.15) is 0 Å². The molecule has 1 fully saturated rings. The van der Waals surface area contributed by atoms with Crippen molar-refractivity contribution in [3.8, 4) is 0 Å². The Kier molecular flexibility index (Phi) is 1.66. The van der Waals surface area contributed by atoms with Crippen LogP contribution in [0.25, 0.3) is 0 Å². The first-order valence-electron chi connectivity index (χ1n) is 3.39. The van der Waals surface area contributed by atoms with Crippen molar-refractivity contribution < 1.29 is 0 Å². The highest BCUT2D eigenvalue weighted by molar-refractivity contribution is 5.81. The van der Waals surface area contributed by atoms with E-state index in [0.717, 1.165) is 24.5 Å². The Morgan fingerprint density at radius 2 is 2.25 bits per heavy atom.